The van der Waals surface area contributed by atoms with Crippen LogP contribution < -0.4 is 15.4 Å². The first-order valence-electron chi connectivity index (χ1n) is 9.24. The number of rotatable bonds is 6. The third-order valence-electron chi connectivity index (χ3n) is 4.18. The summed E-state index contributed by atoms with van der Waals surface area (Å²) in [4.78, 5) is 35.9. The number of halogens is 2. The fourth-order valence-corrected chi connectivity index (χ4v) is 3.05. The van der Waals surface area contributed by atoms with Crippen LogP contribution in [0.5, 0.6) is 5.75 Å². The summed E-state index contributed by atoms with van der Waals surface area (Å²) in [7, 11) is 0. The number of anilines is 1. The Hall–Kier alpha value is -3.35. The van der Waals surface area contributed by atoms with Gasteiger partial charge in [0.25, 0.3) is 11.8 Å². The molecular weight excluding hydrogens is 439 g/mol. The minimum absolute atomic E-state index is 0.243. The third kappa shape index (κ3) is 6.31. The molecule has 0 aliphatic carbocycles. The van der Waals surface area contributed by atoms with Crippen LogP contribution in [0.4, 0.5) is 5.69 Å². The highest BCUT2D eigenvalue weighted by Gasteiger charge is 2.10. The van der Waals surface area contributed by atoms with Gasteiger partial charge in [-0.3, -0.25) is 14.4 Å². The van der Waals surface area contributed by atoms with E-state index in [9.17, 15) is 14.4 Å². The molecule has 8 heteroatoms. The first kappa shape index (κ1) is 22.3. The maximum Gasteiger partial charge on any atom is 0.308 e. The van der Waals surface area contributed by atoms with E-state index in [1.807, 2.05) is 6.07 Å². The van der Waals surface area contributed by atoms with Crippen molar-refractivity contribution in [2.24, 2.45) is 0 Å². The molecule has 3 aromatic carbocycles. The van der Waals surface area contributed by atoms with Gasteiger partial charge in [0.2, 0.25) is 0 Å². The van der Waals surface area contributed by atoms with Crippen molar-refractivity contribution in [1.29, 1.82) is 0 Å². The van der Waals surface area contributed by atoms with E-state index in [1.54, 1.807) is 48.5 Å². The largest absolute Gasteiger partial charge is 0.427 e. The van der Waals surface area contributed by atoms with Crippen molar-refractivity contribution in [3.05, 3.63) is 93.5 Å². The second kappa shape index (κ2) is 10.1. The first-order valence-corrected chi connectivity index (χ1v) is 9.99. The highest BCUT2D eigenvalue weighted by atomic mass is 35.5. The SMILES string of the molecule is CC(=O)Oc1cccc(C(=O)NCc2cccc(NC(=O)c3ccc(Cl)c(Cl)c3)c2)c1. The van der Waals surface area contributed by atoms with Crippen LogP contribution in [-0.4, -0.2) is 17.8 Å². The molecule has 0 heterocycles. The molecule has 6 nitrogen and oxygen atoms in total. The van der Waals surface area contributed by atoms with Gasteiger partial charge in [-0.05, 0) is 54.1 Å². The Morgan fingerprint density at radius 2 is 1.58 bits per heavy atom. The van der Waals surface area contributed by atoms with Crippen molar-refractivity contribution < 1.29 is 19.1 Å². The normalized spacial score (nSPS) is 10.3. The van der Waals surface area contributed by atoms with Crippen molar-refractivity contribution in [2.75, 3.05) is 5.32 Å². The molecule has 2 N–H and O–H groups in total. The summed E-state index contributed by atoms with van der Waals surface area (Å²) in [5.41, 5.74) is 2.10. The van der Waals surface area contributed by atoms with Crippen molar-refractivity contribution in [2.45, 2.75) is 13.5 Å². The van der Waals surface area contributed by atoms with E-state index in [0.717, 1.165) is 5.56 Å². The number of carbonyl (C=O) groups excluding carboxylic acids is 3. The van der Waals surface area contributed by atoms with Crippen LogP contribution in [-0.2, 0) is 11.3 Å². The van der Waals surface area contributed by atoms with E-state index < -0.39 is 5.97 Å². The van der Waals surface area contributed by atoms with Crippen LogP contribution in [0.1, 0.15) is 33.2 Å². The van der Waals surface area contributed by atoms with Gasteiger partial charge in [-0.25, -0.2) is 0 Å². The maximum absolute atomic E-state index is 12.4. The smallest absolute Gasteiger partial charge is 0.308 e. The summed E-state index contributed by atoms with van der Waals surface area (Å²) in [6.45, 7) is 1.53. The summed E-state index contributed by atoms with van der Waals surface area (Å²) < 4.78 is 5.00. The molecular formula is C23H18Cl2N2O4. The second-order valence-electron chi connectivity index (χ2n) is 6.59. The van der Waals surface area contributed by atoms with Gasteiger partial charge in [-0.1, -0.05) is 41.4 Å². The molecule has 0 unspecified atom stereocenters. The number of hydrogen-bond donors (Lipinski definition) is 2. The number of hydrogen-bond acceptors (Lipinski definition) is 4. The van der Waals surface area contributed by atoms with Gasteiger partial charge in [0.15, 0.2) is 0 Å². The molecule has 0 atom stereocenters. The molecule has 3 rings (SSSR count). The van der Waals surface area contributed by atoms with E-state index in [0.29, 0.717) is 32.6 Å². The molecule has 2 amide bonds. The predicted octanol–water partition coefficient (Wildman–Crippen LogP) is 5.10. The van der Waals surface area contributed by atoms with Crippen LogP contribution in [0.25, 0.3) is 0 Å². The molecule has 0 bridgehead atoms. The number of carbonyl (C=O) groups is 3. The Morgan fingerprint density at radius 3 is 2.32 bits per heavy atom. The lowest BCUT2D eigenvalue weighted by atomic mass is 10.1. The highest BCUT2D eigenvalue weighted by Crippen LogP contribution is 2.23. The van der Waals surface area contributed by atoms with Gasteiger partial charge < -0.3 is 15.4 Å². The van der Waals surface area contributed by atoms with E-state index in [4.69, 9.17) is 27.9 Å². The van der Waals surface area contributed by atoms with E-state index in [2.05, 4.69) is 10.6 Å². The lowest BCUT2D eigenvalue weighted by molar-refractivity contribution is -0.131. The summed E-state index contributed by atoms with van der Waals surface area (Å²) in [5, 5.41) is 6.25. The van der Waals surface area contributed by atoms with Crippen molar-refractivity contribution >= 4 is 46.7 Å². The van der Waals surface area contributed by atoms with Crippen molar-refractivity contribution in [3.8, 4) is 5.75 Å². The predicted molar refractivity (Wildman–Crippen MR) is 120 cm³/mol. The Morgan fingerprint density at radius 1 is 0.839 bits per heavy atom. The molecule has 3 aromatic rings. The van der Waals surface area contributed by atoms with Crippen LogP contribution in [0.3, 0.4) is 0 Å². The van der Waals surface area contributed by atoms with Crippen molar-refractivity contribution in [3.63, 3.8) is 0 Å². The Balaban J connectivity index is 1.63. The average molecular weight is 457 g/mol. The molecule has 0 aromatic heterocycles. The van der Waals surface area contributed by atoms with Crippen LogP contribution >= 0.6 is 23.2 Å². The van der Waals surface area contributed by atoms with Gasteiger partial charge in [-0.15, -0.1) is 0 Å². The van der Waals surface area contributed by atoms with E-state index >= 15 is 0 Å². The average Bonchev–Trinajstić information content (AvgIpc) is 2.74. The third-order valence-corrected chi connectivity index (χ3v) is 4.92. The number of amides is 2. The van der Waals surface area contributed by atoms with Gasteiger partial charge in [0.1, 0.15) is 5.75 Å². The monoisotopic (exact) mass is 456 g/mol. The van der Waals surface area contributed by atoms with Gasteiger partial charge >= 0.3 is 5.97 Å². The zero-order valence-electron chi connectivity index (χ0n) is 16.4. The topological polar surface area (TPSA) is 84.5 Å². The minimum atomic E-state index is -0.461. The van der Waals surface area contributed by atoms with Gasteiger partial charge in [0.05, 0.1) is 10.0 Å². The fraction of sp³-hybridized carbons (Fsp3) is 0.0870. The number of esters is 1. The lowest BCUT2D eigenvalue weighted by Crippen LogP contribution is -2.23. The highest BCUT2D eigenvalue weighted by molar-refractivity contribution is 6.42. The van der Waals surface area contributed by atoms with Crippen LogP contribution in [0.2, 0.25) is 10.0 Å². The summed E-state index contributed by atoms with van der Waals surface area (Å²) >= 11 is 11.8. The maximum atomic E-state index is 12.4. The second-order valence-corrected chi connectivity index (χ2v) is 7.40. The van der Waals surface area contributed by atoms with Crippen molar-refractivity contribution in [1.82, 2.24) is 5.32 Å². The summed E-state index contributed by atoms with van der Waals surface area (Å²) in [5.74, 6) is -0.814. The van der Waals surface area contributed by atoms with E-state index in [1.165, 1.54) is 19.1 Å². The number of benzene rings is 3. The summed E-state index contributed by atoms with van der Waals surface area (Å²) in [6.07, 6.45) is 0. The first-order chi connectivity index (χ1) is 14.8. The standard InChI is InChI=1S/C23H18Cl2N2O4/c1-14(28)31-19-7-3-5-16(11-19)22(29)26-13-15-4-2-6-18(10-15)27-23(30)17-8-9-20(24)21(25)12-17/h2-12H,13H2,1H3,(H,26,29)(H,27,30). The Kier molecular flexibility index (Phi) is 7.28. The Bertz CT molecular complexity index is 1150. The van der Waals surface area contributed by atoms with E-state index in [-0.39, 0.29) is 18.4 Å². The molecule has 0 aliphatic heterocycles. The molecule has 31 heavy (non-hydrogen) atoms. The van der Waals surface area contributed by atoms with Gasteiger partial charge in [-0.2, -0.15) is 0 Å². The fourth-order valence-electron chi connectivity index (χ4n) is 2.75. The molecule has 0 saturated carbocycles. The Labute approximate surface area is 189 Å². The number of ether oxygens (including phenoxy) is 1. The van der Waals surface area contributed by atoms with Gasteiger partial charge in [0, 0.05) is 30.3 Å². The molecule has 0 spiro atoms. The van der Waals surface area contributed by atoms with Crippen LogP contribution in [0, 0.1) is 0 Å². The minimum Gasteiger partial charge on any atom is -0.427 e. The summed E-state index contributed by atoms with van der Waals surface area (Å²) in [6, 6.07) is 18.1. The zero-order chi connectivity index (χ0) is 22.4. The molecule has 158 valence electrons. The molecule has 0 fully saturated rings. The lowest BCUT2D eigenvalue weighted by Gasteiger charge is -2.10. The quantitative estimate of drug-likeness (QED) is 0.399. The number of nitrogens with one attached hydrogen (secondary N) is 2. The zero-order valence-corrected chi connectivity index (χ0v) is 18.0. The molecule has 0 aliphatic rings. The van der Waals surface area contributed by atoms with Crippen LogP contribution in [0.15, 0.2) is 66.7 Å². The molecule has 0 radical (unpaired) electrons. The molecule has 0 saturated heterocycles.